The Hall–Kier alpha value is -3.34. The first-order valence-electron chi connectivity index (χ1n) is 8.22. The molecule has 2 aromatic heterocycles. The minimum Gasteiger partial charge on any atom is -0.493 e. The molecule has 0 radical (unpaired) electrons. The Morgan fingerprint density at radius 2 is 1.85 bits per heavy atom. The maximum absolute atomic E-state index is 13.0. The molecule has 0 N–H and O–H groups in total. The molecule has 0 bridgehead atoms. The number of hydrogen-bond donors (Lipinski definition) is 0. The molecule has 2 heterocycles. The van der Waals surface area contributed by atoms with E-state index in [1.807, 2.05) is 53.2 Å². The van der Waals surface area contributed by atoms with Crippen LogP contribution in [-0.4, -0.2) is 16.5 Å². The van der Waals surface area contributed by atoms with Crippen molar-refractivity contribution in [2.24, 2.45) is 0 Å². The fourth-order valence-electron chi connectivity index (χ4n) is 2.76. The highest BCUT2D eigenvalue weighted by Gasteiger charge is 2.10. The number of benzene rings is 2. The summed E-state index contributed by atoms with van der Waals surface area (Å²) in [4.78, 5) is 4.62. The molecular weight excluding hydrogens is 331 g/mol. The maximum Gasteiger partial charge on any atom is 0.161 e. The summed E-state index contributed by atoms with van der Waals surface area (Å²) in [5.74, 6) is 0.995. The molecule has 0 spiro atoms. The van der Waals surface area contributed by atoms with E-state index in [2.05, 4.69) is 4.98 Å². The summed E-state index contributed by atoms with van der Waals surface area (Å²) >= 11 is 0. The highest BCUT2D eigenvalue weighted by Crippen LogP contribution is 2.32. The molecule has 5 heteroatoms. The van der Waals surface area contributed by atoms with Gasteiger partial charge in [-0.05, 0) is 48.0 Å². The molecule has 0 saturated carbocycles. The topological polar surface area (TPSA) is 35.8 Å². The Labute approximate surface area is 150 Å². The Balaban J connectivity index is 1.58. The Morgan fingerprint density at radius 1 is 1.00 bits per heavy atom. The van der Waals surface area contributed by atoms with E-state index in [0.29, 0.717) is 18.1 Å². The second-order valence-corrected chi connectivity index (χ2v) is 5.87. The summed E-state index contributed by atoms with van der Waals surface area (Å²) in [6.07, 6.45) is 3.94. The van der Waals surface area contributed by atoms with Crippen molar-refractivity contribution in [3.8, 4) is 22.8 Å². The number of rotatable bonds is 5. The number of nitrogens with zero attached hydrogens (tertiary/aromatic N) is 2. The summed E-state index contributed by atoms with van der Waals surface area (Å²) in [5.41, 5.74) is 3.58. The average molecular weight is 348 g/mol. The van der Waals surface area contributed by atoms with E-state index < -0.39 is 0 Å². The van der Waals surface area contributed by atoms with E-state index >= 15 is 0 Å². The van der Waals surface area contributed by atoms with Gasteiger partial charge in [-0.3, -0.25) is 0 Å². The zero-order chi connectivity index (χ0) is 17.9. The van der Waals surface area contributed by atoms with Gasteiger partial charge in [0, 0.05) is 18.0 Å². The summed E-state index contributed by atoms with van der Waals surface area (Å²) in [6.45, 7) is 0.338. The molecule has 4 rings (SSSR count). The lowest BCUT2D eigenvalue weighted by Crippen LogP contribution is -1.98. The Bertz CT molecular complexity index is 1010. The number of pyridine rings is 1. The number of imidazole rings is 1. The molecule has 4 aromatic rings. The highest BCUT2D eigenvalue weighted by atomic mass is 19.1. The lowest BCUT2D eigenvalue weighted by molar-refractivity contribution is 0.284. The molecule has 0 aliphatic carbocycles. The van der Waals surface area contributed by atoms with Crippen LogP contribution in [0.15, 0.2) is 73.1 Å². The molecule has 130 valence electrons. The molecule has 0 aliphatic heterocycles. The molecule has 26 heavy (non-hydrogen) atoms. The molecular formula is C21H17FN2O2. The van der Waals surface area contributed by atoms with Crippen molar-refractivity contribution >= 4 is 5.65 Å². The normalized spacial score (nSPS) is 10.8. The van der Waals surface area contributed by atoms with E-state index in [0.717, 1.165) is 22.5 Å². The van der Waals surface area contributed by atoms with Crippen LogP contribution in [0.3, 0.4) is 0 Å². The van der Waals surface area contributed by atoms with E-state index in [1.165, 1.54) is 12.1 Å². The quantitative estimate of drug-likeness (QED) is 0.523. The predicted octanol–water partition coefficient (Wildman–Crippen LogP) is 4.73. The first-order chi connectivity index (χ1) is 12.7. The van der Waals surface area contributed by atoms with Crippen LogP contribution in [0.1, 0.15) is 5.56 Å². The molecule has 0 atom stereocenters. The van der Waals surface area contributed by atoms with E-state index in [1.54, 1.807) is 19.2 Å². The van der Waals surface area contributed by atoms with Gasteiger partial charge in [0.05, 0.1) is 12.8 Å². The summed E-state index contributed by atoms with van der Waals surface area (Å²) < 4.78 is 26.3. The molecule has 0 amide bonds. The van der Waals surface area contributed by atoms with Crippen molar-refractivity contribution in [2.45, 2.75) is 6.61 Å². The third kappa shape index (κ3) is 3.24. The van der Waals surface area contributed by atoms with Gasteiger partial charge in [-0.25, -0.2) is 9.37 Å². The second-order valence-electron chi connectivity index (χ2n) is 5.87. The lowest BCUT2D eigenvalue weighted by Gasteiger charge is -2.12. The lowest BCUT2D eigenvalue weighted by atomic mass is 10.1. The van der Waals surface area contributed by atoms with Crippen LogP contribution in [0.25, 0.3) is 16.9 Å². The fourth-order valence-corrected chi connectivity index (χ4v) is 2.76. The summed E-state index contributed by atoms with van der Waals surface area (Å²) in [6, 6.07) is 17.8. The number of hydrogen-bond acceptors (Lipinski definition) is 3. The standard InChI is InChI=1S/C21H17FN2O2/c1-25-20-12-16(18-13-24-11-3-2-4-21(24)23-18)7-10-19(20)26-14-15-5-8-17(22)9-6-15/h2-13H,14H2,1H3. The monoisotopic (exact) mass is 348 g/mol. The highest BCUT2D eigenvalue weighted by molar-refractivity contribution is 5.66. The van der Waals surface area contributed by atoms with Crippen LogP contribution in [-0.2, 0) is 6.61 Å². The fraction of sp³-hybridized carbons (Fsp3) is 0.0952. The third-order valence-corrected chi connectivity index (χ3v) is 4.13. The van der Waals surface area contributed by atoms with Crippen molar-refractivity contribution in [2.75, 3.05) is 7.11 Å². The van der Waals surface area contributed by atoms with Gasteiger partial charge in [-0.15, -0.1) is 0 Å². The van der Waals surface area contributed by atoms with Crippen LogP contribution in [0.2, 0.25) is 0 Å². The number of methoxy groups -OCH3 is 1. The minimum absolute atomic E-state index is 0.261. The zero-order valence-corrected chi connectivity index (χ0v) is 14.2. The number of ether oxygens (including phenoxy) is 2. The van der Waals surface area contributed by atoms with Crippen LogP contribution in [0.5, 0.6) is 11.5 Å². The van der Waals surface area contributed by atoms with E-state index in [-0.39, 0.29) is 5.82 Å². The van der Waals surface area contributed by atoms with Gasteiger partial charge in [0.25, 0.3) is 0 Å². The zero-order valence-electron chi connectivity index (χ0n) is 14.2. The van der Waals surface area contributed by atoms with Gasteiger partial charge in [-0.1, -0.05) is 18.2 Å². The van der Waals surface area contributed by atoms with Gasteiger partial charge in [0.15, 0.2) is 11.5 Å². The van der Waals surface area contributed by atoms with Gasteiger partial charge in [0.1, 0.15) is 18.1 Å². The van der Waals surface area contributed by atoms with E-state index in [4.69, 9.17) is 9.47 Å². The number of fused-ring (bicyclic) bond motifs is 1. The summed E-state index contributed by atoms with van der Waals surface area (Å²) in [5, 5.41) is 0. The van der Waals surface area contributed by atoms with Crippen LogP contribution >= 0.6 is 0 Å². The van der Waals surface area contributed by atoms with E-state index in [9.17, 15) is 4.39 Å². The van der Waals surface area contributed by atoms with Crippen LogP contribution in [0, 0.1) is 5.82 Å². The largest absolute Gasteiger partial charge is 0.493 e. The van der Waals surface area contributed by atoms with Gasteiger partial charge in [0.2, 0.25) is 0 Å². The van der Waals surface area contributed by atoms with Gasteiger partial charge >= 0.3 is 0 Å². The third-order valence-electron chi connectivity index (χ3n) is 4.13. The molecule has 0 saturated heterocycles. The van der Waals surface area contributed by atoms with Gasteiger partial charge < -0.3 is 13.9 Å². The van der Waals surface area contributed by atoms with Crippen molar-refractivity contribution < 1.29 is 13.9 Å². The Morgan fingerprint density at radius 3 is 2.62 bits per heavy atom. The minimum atomic E-state index is -0.261. The summed E-state index contributed by atoms with van der Waals surface area (Å²) in [7, 11) is 1.60. The molecule has 0 fully saturated rings. The number of halogens is 1. The van der Waals surface area contributed by atoms with Crippen LogP contribution in [0.4, 0.5) is 4.39 Å². The molecule has 0 unspecified atom stereocenters. The van der Waals surface area contributed by atoms with Crippen molar-refractivity contribution in [1.29, 1.82) is 0 Å². The average Bonchev–Trinajstić information content (AvgIpc) is 3.11. The second kappa shape index (κ2) is 6.88. The van der Waals surface area contributed by atoms with Crippen molar-refractivity contribution in [1.82, 2.24) is 9.38 Å². The molecule has 2 aromatic carbocycles. The Kier molecular flexibility index (Phi) is 4.27. The first kappa shape index (κ1) is 16.1. The number of aromatic nitrogens is 2. The smallest absolute Gasteiger partial charge is 0.161 e. The first-order valence-corrected chi connectivity index (χ1v) is 8.22. The van der Waals surface area contributed by atoms with Gasteiger partial charge in [-0.2, -0.15) is 0 Å². The molecule has 0 aliphatic rings. The molecule has 4 nitrogen and oxygen atoms in total. The SMILES string of the molecule is COc1cc(-c2cn3ccccc3n2)ccc1OCc1ccc(F)cc1. The maximum atomic E-state index is 13.0. The van der Waals surface area contributed by atoms with Crippen LogP contribution < -0.4 is 9.47 Å². The van der Waals surface area contributed by atoms with Crippen molar-refractivity contribution in [3.05, 3.63) is 84.4 Å². The van der Waals surface area contributed by atoms with Crippen molar-refractivity contribution in [3.63, 3.8) is 0 Å². The predicted molar refractivity (Wildman–Crippen MR) is 97.9 cm³/mol.